The Bertz CT molecular complexity index is 335. The van der Waals surface area contributed by atoms with Crippen LogP contribution in [0, 0.1) is 11.8 Å². The summed E-state index contributed by atoms with van der Waals surface area (Å²) in [7, 11) is 0. The van der Waals surface area contributed by atoms with Gasteiger partial charge in [0.25, 0.3) is 0 Å². The van der Waals surface area contributed by atoms with Gasteiger partial charge in [0.2, 0.25) is 0 Å². The summed E-state index contributed by atoms with van der Waals surface area (Å²) in [5.74, 6) is 0.499. The monoisotopic (exact) mass is 221 g/mol. The van der Waals surface area contributed by atoms with Crippen molar-refractivity contribution in [2.45, 2.75) is 33.7 Å². The Kier molecular flexibility index (Phi) is 4.40. The minimum Gasteiger partial charge on any atom is -0.373 e. The van der Waals surface area contributed by atoms with Crippen molar-refractivity contribution in [1.82, 2.24) is 9.97 Å². The van der Waals surface area contributed by atoms with E-state index in [-0.39, 0.29) is 23.7 Å². The minimum absolute atomic E-state index is 0.0320. The van der Waals surface area contributed by atoms with E-state index in [0.717, 1.165) is 5.69 Å². The first-order valence-electron chi connectivity index (χ1n) is 5.57. The van der Waals surface area contributed by atoms with Gasteiger partial charge in [-0.25, -0.2) is 9.97 Å². The van der Waals surface area contributed by atoms with E-state index in [1.165, 1.54) is 6.33 Å². The van der Waals surface area contributed by atoms with Crippen molar-refractivity contribution in [2.24, 2.45) is 11.8 Å². The fourth-order valence-corrected chi connectivity index (χ4v) is 1.48. The van der Waals surface area contributed by atoms with Crippen molar-refractivity contribution in [3.8, 4) is 0 Å². The molecular weight excluding hydrogens is 202 g/mol. The zero-order valence-corrected chi connectivity index (χ0v) is 10.3. The first-order chi connectivity index (χ1) is 7.52. The molecule has 0 saturated heterocycles. The van der Waals surface area contributed by atoms with Crippen molar-refractivity contribution in [3.05, 3.63) is 18.7 Å². The lowest BCUT2D eigenvalue weighted by molar-refractivity contribution is -0.123. The molecule has 0 bridgehead atoms. The molecular formula is C12H19N3O. The summed E-state index contributed by atoms with van der Waals surface area (Å²) in [4.78, 5) is 19.8. The van der Waals surface area contributed by atoms with Crippen LogP contribution in [0.5, 0.6) is 0 Å². The van der Waals surface area contributed by atoms with E-state index in [9.17, 15) is 4.79 Å². The highest BCUT2D eigenvalue weighted by Gasteiger charge is 2.24. The van der Waals surface area contributed by atoms with Crippen LogP contribution < -0.4 is 5.32 Å². The van der Waals surface area contributed by atoms with Crippen molar-refractivity contribution in [1.29, 1.82) is 0 Å². The molecule has 1 aromatic heterocycles. The van der Waals surface area contributed by atoms with E-state index >= 15 is 0 Å². The largest absolute Gasteiger partial charge is 0.373 e. The van der Waals surface area contributed by atoms with Gasteiger partial charge in [0, 0.05) is 5.92 Å². The molecule has 1 rings (SSSR count). The lowest BCUT2D eigenvalue weighted by atomic mass is 9.93. The first-order valence-corrected chi connectivity index (χ1v) is 5.57. The number of Topliss-reactive ketones (excluding diaryl/α,β-unsaturated/α-hetero) is 1. The molecule has 0 amide bonds. The summed E-state index contributed by atoms with van der Waals surface area (Å²) in [6.07, 6.45) is 4.83. The van der Waals surface area contributed by atoms with Crippen molar-refractivity contribution < 1.29 is 4.79 Å². The molecule has 1 unspecified atom stereocenters. The number of aromatic nitrogens is 2. The predicted molar refractivity (Wildman–Crippen MR) is 64.1 cm³/mol. The average molecular weight is 221 g/mol. The van der Waals surface area contributed by atoms with Crippen LogP contribution in [0.25, 0.3) is 0 Å². The Balaban J connectivity index is 2.77. The number of anilines is 1. The number of nitrogens with one attached hydrogen (secondary N) is 1. The third-order valence-electron chi connectivity index (χ3n) is 2.42. The topological polar surface area (TPSA) is 54.9 Å². The Labute approximate surface area is 96.5 Å². The smallest absolute Gasteiger partial charge is 0.157 e. The van der Waals surface area contributed by atoms with Gasteiger partial charge in [-0.1, -0.05) is 27.7 Å². The van der Waals surface area contributed by atoms with E-state index in [1.54, 1.807) is 12.4 Å². The Morgan fingerprint density at radius 2 is 1.75 bits per heavy atom. The van der Waals surface area contributed by atoms with E-state index < -0.39 is 0 Å². The summed E-state index contributed by atoms with van der Waals surface area (Å²) in [5.41, 5.74) is 0.787. The van der Waals surface area contributed by atoms with Crippen LogP contribution >= 0.6 is 0 Å². The van der Waals surface area contributed by atoms with Gasteiger partial charge in [0.1, 0.15) is 6.33 Å². The lowest BCUT2D eigenvalue weighted by Crippen LogP contribution is -2.37. The molecule has 0 aliphatic heterocycles. The van der Waals surface area contributed by atoms with Gasteiger partial charge in [0.15, 0.2) is 5.78 Å². The molecule has 0 fully saturated rings. The van der Waals surface area contributed by atoms with Gasteiger partial charge in [-0.3, -0.25) is 4.79 Å². The van der Waals surface area contributed by atoms with E-state index in [0.29, 0.717) is 0 Å². The number of hydrogen-bond acceptors (Lipinski definition) is 4. The Hall–Kier alpha value is -1.45. The fourth-order valence-electron chi connectivity index (χ4n) is 1.48. The van der Waals surface area contributed by atoms with Gasteiger partial charge in [-0.05, 0) is 5.92 Å². The number of ketones is 1. The first kappa shape index (κ1) is 12.6. The van der Waals surface area contributed by atoms with Gasteiger partial charge in [-0.15, -0.1) is 0 Å². The third-order valence-corrected chi connectivity index (χ3v) is 2.42. The van der Waals surface area contributed by atoms with Crippen LogP contribution in [-0.2, 0) is 4.79 Å². The molecule has 0 radical (unpaired) electrons. The van der Waals surface area contributed by atoms with Crippen LogP contribution in [0.2, 0.25) is 0 Å². The molecule has 0 saturated carbocycles. The molecule has 1 aromatic rings. The number of nitrogens with zero attached hydrogens (tertiary/aromatic N) is 2. The summed E-state index contributed by atoms with van der Waals surface area (Å²) in [5, 5.41) is 3.18. The van der Waals surface area contributed by atoms with Gasteiger partial charge in [-0.2, -0.15) is 0 Å². The average Bonchev–Trinajstić information content (AvgIpc) is 2.26. The molecule has 0 aromatic carbocycles. The molecule has 0 spiro atoms. The van der Waals surface area contributed by atoms with Crippen LogP contribution in [0.1, 0.15) is 27.7 Å². The molecule has 4 nitrogen and oxygen atoms in total. The zero-order valence-electron chi connectivity index (χ0n) is 10.3. The van der Waals surface area contributed by atoms with Gasteiger partial charge in [0.05, 0.1) is 24.1 Å². The highest BCUT2D eigenvalue weighted by atomic mass is 16.1. The van der Waals surface area contributed by atoms with Gasteiger partial charge < -0.3 is 5.32 Å². The van der Waals surface area contributed by atoms with Crippen molar-refractivity contribution in [3.63, 3.8) is 0 Å². The van der Waals surface area contributed by atoms with Crippen LogP contribution in [0.4, 0.5) is 5.69 Å². The second-order valence-corrected chi connectivity index (χ2v) is 4.55. The third kappa shape index (κ3) is 3.29. The molecule has 1 heterocycles. The second-order valence-electron chi connectivity index (χ2n) is 4.55. The molecule has 0 aliphatic rings. The lowest BCUT2D eigenvalue weighted by Gasteiger charge is -2.23. The van der Waals surface area contributed by atoms with E-state index in [1.807, 2.05) is 27.7 Å². The van der Waals surface area contributed by atoms with Crippen molar-refractivity contribution >= 4 is 11.5 Å². The summed E-state index contributed by atoms with van der Waals surface area (Å²) < 4.78 is 0. The molecule has 88 valence electrons. The standard InChI is InChI=1S/C12H19N3O/c1-8(2)11(12(16)9(3)4)15-10-5-13-7-14-6-10/h5-9,11,15H,1-4H3. The maximum Gasteiger partial charge on any atom is 0.157 e. The molecule has 16 heavy (non-hydrogen) atoms. The predicted octanol–water partition coefficient (Wildman–Crippen LogP) is 2.14. The number of carbonyl (C=O) groups is 1. The SMILES string of the molecule is CC(C)C(=O)C(Nc1cncnc1)C(C)C. The van der Waals surface area contributed by atoms with Crippen LogP contribution in [0.15, 0.2) is 18.7 Å². The Morgan fingerprint density at radius 1 is 1.19 bits per heavy atom. The van der Waals surface area contributed by atoms with Crippen molar-refractivity contribution in [2.75, 3.05) is 5.32 Å². The quantitative estimate of drug-likeness (QED) is 0.827. The molecule has 4 heteroatoms. The molecule has 1 N–H and O–H groups in total. The number of rotatable bonds is 5. The number of hydrogen-bond donors (Lipinski definition) is 1. The zero-order chi connectivity index (χ0) is 12.1. The molecule has 0 aliphatic carbocycles. The van der Waals surface area contributed by atoms with Gasteiger partial charge >= 0.3 is 0 Å². The second kappa shape index (κ2) is 5.58. The maximum absolute atomic E-state index is 12.0. The normalized spacial score (nSPS) is 12.9. The highest BCUT2D eigenvalue weighted by molar-refractivity contribution is 5.88. The highest BCUT2D eigenvalue weighted by Crippen LogP contribution is 2.14. The minimum atomic E-state index is -0.175. The van der Waals surface area contributed by atoms with E-state index in [2.05, 4.69) is 15.3 Å². The van der Waals surface area contributed by atoms with Crippen LogP contribution in [0.3, 0.4) is 0 Å². The maximum atomic E-state index is 12.0. The van der Waals surface area contributed by atoms with Crippen LogP contribution in [-0.4, -0.2) is 21.8 Å². The summed E-state index contributed by atoms with van der Waals surface area (Å²) >= 11 is 0. The summed E-state index contributed by atoms with van der Waals surface area (Å²) in [6.45, 7) is 7.89. The molecule has 1 atom stereocenters. The summed E-state index contributed by atoms with van der Waals surface area (Å²) in [6, 6.07) is -0.175. The number of carbonyl (C=O) groups excluding carboxylic acids is 1. The van der Waals surface area contributed by atoms with E-state index in [4.69, 9.17) is 0 Å². The fraction of sp³-hybridized carbons (Fsp3) is 0.583. The Morgan fingerprint density at radius 3 is 2.19 bits per heavy atom.